The summed E-state index contributed by atoms with van der Waals surface area (Å²) in [6.45, 7) is 0.816. The van der Waals surface area contributed by atoms with E-state index in [1.807, 2.05) is 18.2 Å². The predicted octanol–water partition coefficient (Wildman–Crippen LogP) is 3.83. The van der Waals surface area contributed by atoms with Gasteiger partial charge in [-0.1, -0.05) is 53.5 Å². The van der Waals surface area contributed by atoms with Crippen molar-refractivity contribution in [3.05, 3.63) is 52.3 Å². The molecule has 0 aliphatic carbocycles. The highest BCUT2D eigenvalue weighted by Crippen LogP contribution is 2.20. The maximum absolute atomic E-state index is 5.90. The molecule has 0 radical (unpaired) electrons. The van der Waals surface area contributed by atoms with E-state index in [-0.39, 0.29) is 0 Å². The summed E-state index contributed by atoms with van der Waals surface area (Å²) < 4.78 is 0. The quantitative estimate of drug-likeness (QED) is 0.847. The second-order valence-electron chi connectivity index (χ2n) is 3.89. The number of hydrogen-bond donors (Lipinski definition) is 1. The number of nitrogens with one attached hydrogen (secondary N) is 1. The fourth-order valence-electron chi connectivity index (χ4n) is 1.64. The van der Waals surface area contributed by atoms with Crippen molar-refractivity contribution in [2.45, 2.75) is 12.8 Å². The average molecular weight is 282 g/mol. The molecule has 0 unspecified atom stereocenters. The zero-order chi connectivity index (χ0) is 12.8. The van der Waals surface area contributed by atoms with E-state index in [9.17, 15) is 0 Å². The molecule has 1 aromatic heterocycles. The first kappa shape index (κ1) is 13.1. The van der Waals surface area contributed by atoms with Gasteiger partial charge in [-0.25, -0.2) is 0 Å². The van der Waals surface area contributed by atoms with Crippen molar-refractivity contribution in [3.63, 3.8) is 0 Å². The Hall–Kier alpha value is -1.32. The number of benzene rings is 1. The first-order valence-corrected chi connectivity index (χ1v) is 6.48. The lowest BCUT2D eigenvalue weighted by molar-refractivity contribution is 0.860. The Balaban J connectivity index is 1.80. The fraction of sp³-hybridized carbons (Fsp3) is 0.231. The Morgan fingerprint density at radius 3 is 2.61 bits per heavy atom. The van der Waals surface area contributed by atoms with Crippen molar-refractivity contribution < 1.29 is 0 Å². The van der Waals surface area contributed by atoms with Gasteiger partial charge in [-0.05, 0) is 18.4 Å². The van der Waals surface area contributed by atoms with Crippen LogP contribution in [0.3, 0.4) is 0 Å². The topological polar surface area (TPSA) is 37.8 Å². The standard InChI is InChI=1S/C13H13Cl2N3/c14-12-9-11(13(15)18-17-12)16-8-4-7-10-5-2-1-3-6-10/h1-3,5-6,9H,4,7-8H2,(H,16,17). The molecule has 0 bridgehead atoms. The predicted molar refractivity (Wildman–Crippen MR) is 75.3 cm³/mol. The molecule has 0 spiro atoms. The Morgan fingerprint density at radius 2 is 1.83 bits per heavy atom. The molecule has 1 N–H and O–H groups in total. The maximum atomic E-state index is 5.90. The first-order valence-electron chi connectivity index (χ1n) is 5.72. The van der Waals surface area contributed by atoms with Crippen LogP contribution in [0.2, 0.25) is 10.3 Å². The van der Waals surface area contributed by atoms with E-state index in [1.54, 1.807) is 6.07 Å². The molecule has 0 saturated carbocycles. The van der Waals surface area contributed by atoms with Gasteiger partial charge in [-0.2, -0.15) is 0 Å². The van der Waals surface area contributed by atoms with Crippen LogP contribution in [0.5, 0.6) is 0 Å². The summed E-state index contributed by atoms with van der Waals surface area (Å²) in [6.07, 6.45) is 2.04. The largest absolute Gasteiger partial charge is 0.382 e. The van der Waals surface area contributed by atoms with E-state index in [4.69, 9.17) is 23.2 Å². The summed E-state index contributed by atoms with van der Waals surface area (Å²) in [5.74, 6) is 0. The lowest BCUT2D eigenvalue weighted by Gasteiger charge is -2.07. The third-order valence-electron chi connectivity index (χ3n) is 2.52. The van der Waals surface area contributed by atoms with E-state index < -0.39 is 0 Å². The second kappa shape index (κ2) is 6.57. The molecule has 18 heavy (non-hydrogen) atoms. The van der Waals surface area contributed by atoms with E-state index in [0.717, 1.165) is 25.1 Å². The van der Waals surface area contributed by atoms with Gasteiger partial charge in [0.15, 0.2) is 10.3 Å². The number of aromatic nitrogens is 2. The summed E-state index contributed by atoms with van der Waals surface area (Å²) in [6, 6.07) is 12.0. The van der Waals surface area contributed by atoms with Crippen molar-refractivity contribution in [3.8, 4) is 0 Å². The van der Waals surface area contributed by atoms with Gasteiger partial charge in [0.05, 0.1) is 5.69 Å². The number of nitrogens with zero attached hydrogens (tertiary/aromatic N) is 2. The Morgan fingerprint density at radius 1 is 1.06 bits per heavy atom. The molecule has 5 heteroatoms. The van der Waals surface area contributed by atoms with Crippen LogP contribution in [0.15, 0.2) is 36.4 Å². The lowest BCUT2D eigenvalue weighted by Crippen LogP contribution is -2.04. The third kappa shape index (κ3) is 3.86. The first-order chi connectivity index (χ1) is 8.75. The van der Waals surface area contributed by atoms with E-state index in [2.05, 4.69) is 27.6 Å². The molecule has 0 saturated heterocycles. The van der Waals surface area contributed by atoms with Gasteiger partial charge in [0, 0.05) is 12.6 Å². The van der Waals surface area contributed by atoms with E-state index in [0.29, 0.717) is 10.3 Å². The minimum Gasteiger partial charge on any atom is -0.382 e. The molecule has 0 fully saturated rings. The highest BCUT2D eigenvalue weighted by molar-refractivity contribution is 6.33. The summed E-state index contributed by atoms with van der Waals surface area (Å²) in [5, 5.41) is 11.3. The van der Waals surface area contributed by atoms with Gasteiger partial charge in [-0.3, -0.25) is 0 Å². The van der Waals surface area contributed by atoms with E-state index in [1.165, 1.54) is 5.56 Å². The Kier molecular flexibility index (Phi) is 4.79. The van der Waals surface area contributed by atoms with Crippen LogP contribution in [0.1, 0.15) is 12.0 Å². The number of anilines is 1. The van der Waals surface area contributed by atoms with Crippen molar-refractivity contribution in [2.75, 3.05) is 11.9 Å². The van der Waals surface area contributed by atoms with Crippen molar-refractivity contribution in [1.29, 1.82) is 0 Å². The molecule has 2 rings (SSSR count). The van der Waals surface area contributed by atoms with Gasteiger partial charge < -0.3 is 5.32 Å². The minimum absolute atomic E-state index is 0.338. The zero-order valence-corrected chi connectivity index (χ0v) is 11.2. The van der Waals surface area contributed by atoms with Crippen LogP contribution in [0, 0.1) is 0 Å². The molecule has 2 aromatic rings. The highest BCUT2D eigenvalue weighted by atomic mass is 35.5. The second-order valence-corrected chi connectivity index (χ2v) is 4.63. The highest BCUT2D eigenvalue weighted by Gasteiger charge is 2.03. The minimum atomic E-state index is 0.338. The average Bonchev–Trinajstić information content (AvgIpc) is 2.40. The molecular weight excluding hydrogens is 269 g/mol. The molecule has 0 aliphatic heterocycles. The van der Waals surface area contributed by atoms with Crippen molar-refractivity contribution >= 4 is 28.9 Å². The third-order valence-corrected chi connectivity index (χ3v) is 2.98. The monoisotopic (exact) mass is 281 g/mol. The van der Waals surface area contributed by atoms with Crippen LogP contribution < -0.4 is 5.32 Å². The summed E-state index contributed by atoms with van der Waals surface area (Å²) in [7, 11) is 0. The number of aryl methyl sites for hydroxylation is 1. The fourth-order valence-corrected chi connectivity index (χ4v) is 1.94. The summed E-state index contributed by atoms with van der Waals surface area (Å²) in [5.41, 5.74) is 2.06. The van der Waals surface area contributed by atoms with Crippen molar-refractivity contribution in [2.24, 2.45) is 0 Å². The Labute approximate surface area is 116 Å². The molecule has 0 aliphatic rings. The Bertz CT molecular complexity index is 503. The molecule has 94 valence electrons. The van der Waals surface area contributed by atoms with Gasteiger partial charge >= 0.3 is 0 Å². The van der Waals surface area contributed by atoms with Gasteiger partial charge in [0.1, 0.15) is 0 Å². The van der Waals surface area contributed by atoms with Crippen LogP contribution in [0.25, 0.3) is 0 Å². The SMILES string of the molecule is Clc1cc(NCCCc2ccccc2)c(Cl)nn1. The number of rotatable bonds is 5. The summed E-state index contributed by atoms with van der Waals surface area (Å²) >= 11 is 11.7. The number of halogens is 2. The normalized spacial score (nSPS) is 10.3. The molecule has 0 atom stereocenters. The maximum Gasteiger partial charge on any atom is 0.174 e. The molecule has 0 amide bonds. The van der Waals surface area contributed by atoms with Crippen LogP contribution in [-0.2, 0) is 6.42 Å². The molecular formula is C13H13Cl2N3. The molecule has 1 aromatic carbocycles. The van der Waals surface area contributed by atoms with Crippen LogP contribution in [0.4, 0.5) is 5.69 Å². The molecule has 3 nitrogen and oxygen atoms in total. The van der Waals surface area contributed by atoms with Crippen molar-refractivity contribution in [1.82, 2.24) is 10.2 Å². The summed E-state index contributed by atoms with van der Waals surface area (Å²) in [4.78, 5) is 0. The smallest absolute Gasteiger partial charge is 0.174 e. The van der Waals surface area contributed by atoms with Gasteiger partial charge in [0.2, 0.25) is 0 Å². The van der Waals surface area contributed by atoms with E-state index >= 15 is 0 Å². The number of hydrogen-bond acceptors (Lipinski definition) is 3. The van der Waals surface area contributed by atoms with Gasteiger partial charge in [-0.15, -0.1) is 10.2 Å². The van der Waals surface area contributed by atoms with Gasteiger partial charge in [0.25, 0.3) is 0 Å². The zero-order valence-electron chi connectivity index (χ0n) is 9.74. The van der Waals surface area contributed by atoms with Crippen LogP contribution >= 0.6 is 23.2 Å². The van der Waals surface area contributed by atoms with Crippen LogP contribution in [-0.4, -0.2) is 16.7 Å². The lowest BCUT2D eigenvalue weighted by atomic mass is 10.1. The molecule has 1 heterocycles.